The molecule has 0 aromatic heterocycles. The van der Waals surface area contributed by atoms with Gasteiger partial charge in [-0.15, -0.1) is 4.91 Å². The van der Waals surface area contributed by atoms with Crippen molar-refractivity contribution >= 4 is 0 Å². The minimum atomic E-state index is -0.660. The Balaban J connectivity index is 3.63. The van der Waals surface area contributed by atoms with E-state index in [0.717, 1.165) is 5.01 Å². The minimum absolute atomic E-state index is 0.422. The van der Waals surface area contributed by atoms with E-state index in [2.05, 4.69) is 10.2 Å². The first kappa shape index (κ1) is 8.32. The van der Waals surface area contributed by atoms with Crippen LogP contribution < -0.4 is 0 Å². The van der Waals surface area contributed by atoms with Crippen molar-refractivity contribution in [3.63, 3.8) is 0 Å². The van der Waals surface area contributed by atoms with Gasteiger partial charge in [-0.25, -0.2) is 15.2 Å². The molecule has 0 heterocycles. The molecular formula is C4H10N2O3. The van der Waals surface area contributed by atoms with E-state index in [1.54, 1.807) is 6.92 Å². The van der Waals surface area contributed by atoms with Gasteiger partial charge in [0.2, 0.25) is 0 Å². The summed E-state index contributed by atoms with van der Waals surface area (Å²) in [4.78, 5) is 13.6. The van der Waals surface area contributed by atoms with Gasteiger partial charge >= 0.3 is 0 Å². The molecule has 0 aliphatic rings. The summed E-state index contributed by atoms with van der Waals surface area (Å²) < 4.78 is 0. The lowest BCUT2D eigenvalue weighted by Crippen LogP contribution is -2.28. The summed E-state index contributed by atoms with van der Waals surface area (Å²) in [6.45, 7) is 3.67. The van der Waals surface area contributed by atoms with Crippen LogP contribution in [0.5, 0.6) is 0 Å². The summed E-state index contributed by atoms with van der Waals surface area (Å²) in [5.74, 6) is 0. The first-order valence-corrected chi connectivity index (χ1v) is 2.66. The largest absolute Gasteiger partial charge is 0.250 e. The standard InChI is InChI=1S/C4H10N2O3/c1-3-6(5-7)4(2)9-8/h4,8H,3H2,1-2H3. The zero-order valence-electron chi connectivity index (χ0n) is 5.44. The van der Waals surface area contributed by atoms with Crippen molar-refractivity contribution < 1.29 is 10.1 Å². The fourth-order valence-electron chi connectivity index (χ4n) is 0.436. The van der Waals surface area contributed by atoms with Crippen LogP contribution in [-0.4, -0.2) is 23.0 Å². The maximum absolute atomic E-state index is 9.82. The zero-order chi connectivity index (χ0) is 7.28. The van der Waals surface area contributed by atoms with Crippen LogP contribution in [0.3, 0.4) is 0 Å². The Morgan fingerprint density at radius 2 is 2.44 bits per heavy atom. The van der Waals surface area contributed by atoms with Gasteiger partial charge in [0.15, 0.2) is 6.23 Å². The monoisotopic (exact) mass is 134 g/mol. The lowest BCUT2D eigenvalue weighted by molar-refractivity contribution is -0.307. The summed E-state index contributed by atoms with van der Waals surface area (Å²) >= 11 is 0. The van der Waals surface area contributed by atoms with Crippen molar-refractivity contribution in [1.29, 1.82) is 0 Å². The third-order valence-corrected chi connectivity index (χ3v) is 1.00. The third kappa shape index (κ3) is 2.39. The fourth-order valence-corrected chi connectivity index (χ4v) is 0.436. The molecule has 5 heteroatoms. The number of nitroso groups, excluding NO2 is 1. The van der Waals surface area contributed by atoms with E-state index in [9.17, 15) is 4.91 Å². The molecule has 0 rings (SSSR count). The molecule has 0 aromatic carbocycles. The molecule has 0 radical (unpaired) electrons. The molecule has 1 unspecified atom stereocenters. The number of hydrogen-bond donors (Lipinski definition) is 1. The Hall–Kier alpha value is -0.680. The van der Waals surface area contributed by atoms with Crippen molar-refractivity contribution in [2.24, 2.45) is 5.29 Å². The van der Waals surface area contributed by atoms with Crippen molar-refractivity contribution in [3.05, 3.63) is 4.91 Å². The molecule has 1 N–H and O–H groups in total. The van der Waals surface area contributed by atoms with Crippen LogP contribution in [0.2, 0.25) is 0 Å². The molecule has 5 nitrogen and oxygen atoms in total. The second-order valence-corrected chi connectivity index (χ2v) is 1.54. The van der Waals surface area contributed by atoms with Crippen LogP contribution in [0.15, 0.2) is 5.29 Å². The van der Waals surface area contributed by atoms with Crippen LogP contribution in [0.25, 0.3) is 0 Å². The molecule has 0 fully saturated rings. The molecule has 1 atom stereocenters. The molecule has 54 valence electrons. The topological polar surface area (TPSA) is 62.1 Å². The molecule has 0 saturated carbocycles. The van der Waals surface area contributed by atoms with Gasteiger partial charge < -0.3 is 0 Å². The van der Waals surface area contributed by atoms with Gasteiger partial charge in [0, 0.05) is 6.54 Å². The molecule has 0 bridgehead atoms. The lowest BCUT2D eigenvalue weighted by Gasteiger charge is -2.16. The third-order valence-electron chi connectivity index (χ3n) is 1.00. The van der Waals surface area contributed by atoms with Gasteiger partial charge in [0.25, 0.3) is 0 Å². The highest BCUT2D eigenvalue weighted by Crippen LogP contribution is 1.97. The van der Waals surface area contributed by atoms with Gasteiger partial charge in [0.1, 0.15) is 0 Å². The zero-order valence-corrected chi connectivity index (χ0v) is 5.44. The van der Waals surface area contributed by atoms with E-state index in [0.29, 0.717) is 6.54 Å². The molecule has 0 aliphatic heterocycles. The summed E-state index contributed by atoms with van der Waals surface area (Å²) in [7, 11) is 0. The van der Waals surface area contributed by atoms with Crippen LogP contribution in [0.4, 0.5) is 0 Å². The van der Waals surface area contributed by atoms with E-state index in [-0.39, 0.29) is 0 Å². The van der Waals surface area contributed by atoms with E-state index in [1.807, 2.05) is 0 Å². The molecule has 0 aliphatic carbocycles. The van der Waals surface area contributed by atoms with Crippen molar-refractivity contribution in [2.45, 2.75) is 20.1 Å². The normalized spacial score (nSPS) is 12.8. The first-order valence-electron chi connectivity index (χ1n) is 2.66. The highest BCUT2D eigenvalue weighted by molar-refractivity contribution is 4.46. The Labute approximate surface area is 53.1 Å². The molecule has 0 aromatic rings. The maximum atomic E-state index is 9.82. The van der Waals surface area contributed by atoms with Crippen molar-refractivity contribution in [1.82, 2.24) is 5.01 Å². The Morgan fingerprint density at radius 3 is 2.56 bits per heavy atom. The van der Waals surface area contributed by atoms with Gasteiger partial charge in [-0.2, -0.15) is 0 Å². The molecule has 9 heavy (non-hydrogen) atoms. The highest BCUT2D eigenvalue weighted by Gasteiger charge is 2.09. The SMILES string of the molecule is CCN(N=O)C(C)OO. The maximum Gasteiger partial charge on any atom is 0.180 e. The first-order chi connectivity index (χ1) is 4.26. The number of nitrogens with zero attached hydrogens (tertiary/aromatic N) is 2. The smallest absolute Gasteiger partial charge is 0.180 e. The van der Waals surface area contributed by atoms with Crippen molar-refractivity contribution in [3.8, 4) is 0 Å². The molecule has 0 spiro atoms. The Morgan fingerprint density at radius 1 is 1.89 bits per heavy atom. The predicted octanol–water partition coefficient (Wildman–Crippen LogP) is 0.825. The average Bonchev–Trinajstić information content (AvgIpc) is 1.90. The second kappa shape index (κ2) is 4.22. The second-order valence-electron chi connectivity index (χ2n) is 1.54. The number of hydrogen-bond acceptors (Lipinski definition) is 4. The van der Waals surface area contributed by atoms with E-state index >= 15 is 0 Å². The van der Waals surface area contributed by atoms with Crippen LogP contribution in [0.1, 0.15) is 13.8 Å². The Kier molecular flexibility index (Phi) is 3.90. The predicted molar refractivity (Wildman–Crippen MR) is 31.4 cm³/mol. The molecule has 0 amide bonds. The lowest BCUT2D eigenvalue weighted by atomic mass is 10.6. The van der Waals surface area contributed by atoms with Crippen LogP contribution in [0, 0.1) is 4.91 Å². The average molecular weight is 134 g/mol. The van der Waals surface area contributed by atoms with E-state index < -0.39 is 6.23 Å². The van der Waals surface area contributed by atoms with Crippen LogP contribution in [-0.2, 0) is 4.89 Å². The van der Waals surface area contributed by atoms with Crippen LogP contribution >= 0.6 is 0 Å². The fraction of sp³-hybridized carbons (Fsp3) is 1.00. The summed E-state index contributed by atoms with van der Waals surface area (Å²) in [6.07, 6.45) is -0.660. The Bertz CT molecular complexity index is 87.9. The summed E-state index contributed by atoms with van der Waals surface area (Å²) in [5.41, 5.74) is 0. The van der Waals surface area contributed by atoms with Crippen molar-refractivity contribution in [2.75, 3.05) is 6.54 Å². The molecule has 0 saturated heterocycles. The van der Waals surface area contributed by atoms with Gasteiger partial charge in [-0.3, -0.25) is 0 Å². The number of rotatable bonds is 4. The van der Waals surface area contributed by atoms with E-state index in [4.69, 9.17) is 5.26 Å². The summed E-state index contributed by atoms with van der Waals surface area (Å²) in [5, 5.41) is 11.7. The summed E-state index contributed by atoms with van der Waals surface area (Å²) in [6, 6.07) is 0. The highest BCUT2D eigenvalue weighted by atomic mass is 17.1. The van der Waals surface area contributed by atoms with Gasteiger partial charge in [-0.1, -0.05) is 0 Å². The van der Waals surface area contributed by atoms with Gasteiger partial charge in [0.05, 0.1) is 5.29 Å². The minimum Gasteiger partial charge on any atom is -0.250 e. The van der Waals surface area contributed by atoms with Gasteiger partial charge in [-0.05, 0) is 13.8 Å². The quantitative estimate of drug-likeness (QED) is 0.267. The molecular weight excluding hydrogens is 124 g/mol. The van der Waals surface area contributed by atoms with E-state index in [1.165, 1.54) is 6.92 Å².